The van der Waals surface area contributed by atoms with E-state index < -0.39 is 0 Å². The van der Waals surface area contributed by atoms with Crippen LogP contribution < -0.4 is 4.90 Å². The summed E-state index contributed by atoms with van der Waals surface area (Å²) in [5.74, 6) is 0.924. The van der Waals surface area contributed by atoms with Gasteiger partial charge >= 0.3 is 0 Å². The summed E-state index contributed by atoms with van der Waals surface area (Å²) < 4.78 is 6.29. The van der Waals surface area contributed by atoms with Crippen LogP contribution in [0.25, 0.3) is 0 Å². The number of rotatable bonds is 4. The van der Waals surface area contributed by atoms with E-state index in [1.54, 1.807) is 6.26 Å². The van der Waals surface area contributed by atoms with Gasteiger partial charge in [0, 0.05) is 11.0 Å². The molecule has 1 heterocycles. The van der Waals surface area contributed by atoms with E-state index >= 15 is 0 Å². The van der Waals surface area contributed by atoms with Crippen molar-refractivity contribution in [2.45, 2.75) is 13.5 Å². The van der Waals surface area contributed by atoms with E-state index in [0.717, 1.165) is 22.5 Å². The van der Waals surface area contributed by atoms with Gasteiger partial charge in [-0.1, -0.05) is 0 Å². The standard InChI is InChI=1S/C14H13BrN2O/c1-2-17(10-12-4-3-7-18-12)14-6-5-11(9-16)8-13(14)15/h3-8H,2,10H2,1H3. The molecule has 0 saturated heterocycles. The Morgan fingerprint density at radius 3 is 2.78 bits per heavy atom. The van der Waals surface area contributed by atoms with Crippen LogP contribution in [0.2, 0.25) is 0 Å². The van der Waals surface area contributed by atoms with Gasteiger partial charge in [0.15, 0.2) is 0 Å². The van der Waals surface area contributed by atoms with Gasteiger partial charge in [0.25, 0.3) is 0 Å². The van der Waals surface area contributed by atoms with Crippen LogP contribution in [-0.2, 0) is 6.54 Å². The third kappa shape index (κ3) is 2.74. The molecule has 0 N–H and O–H groups in total. The predicted octanol–water partition coefficient (Wildman–Crippen LogP) is 3.94. The van der Waals surface area contributed by atoms with Gasteiger partial charge in [0.1, 0.15) is 5.76 Å². The molecular weight excluding hydrogens is 292 g/mol. The molecule has 0 atom stereocenters. The van der Waals surface area contributed by atoms with E-state index in [0.29, 0.717) is 12.1 Å². The lowest BCUT2D eigenvalue weighted by Gasteiger charge is -2.23. The summed E-state index contributed by atoms with van der Waals surface area (Å²) in [4.78, 5) is 2.18. The highest BCUT2D eigenvalue weighted by Crippen LogP contribution is 2.28. The van der Waals surface area contributed by atoms with Crippen molar-refractivity contribution < 1.29 is 4.42 Å². The minimum atomic E-state index is 0.652. The zero-order valence-corrected chi connectivity index (χ0v) is 11.6. The Kier molecular flexibility index (Phi) is 4.06. The third-order valence-corrected chi connectivity index (χ3v) is 3.36. The third-order valence-electron chi connectivity index (χ3n) is 2.73. The van der Waals surface area contributed by atoms with Crippen LogP contribution in [0, 0.1) is 11.3 Å². The molecule has 0 radical (unpaired) electrons. The molecule has 4 heteroatoms. The van der Waals surface area contributed by atoms with Gasteiger partial charge in [-0.05, 0) is 53.2 Å². The zero-order chi connectivity index (χ0) is 13.0. The van der Waals surface area contributed by atoms with Gasteiger partial charge in [-0.15, -0.1) is 0 Å². The fraction of sp³-hybridized carbons (Fsp3) is 0.214. The van der Waals surface area contributed by atoms with E-state index in [1.807, 2.05) is 30.3 Å². The van der Waals surface area contributed by atoms with Gasteiger partial charge < -0.3 is 9.32 Å². The smallest absolute Gasteiger partial charge is 0.123 e. The molecule has 0 spiro atoms. The first-order chi connectivity index (χ1) is 8.74. The average molecular weight is 305 g/mol. The lowest BCUT2D eigenvalue weighted by Crippen LogP contribution is -2.22. The van der Waals surface area contributed by atoms with Gasteiger partial charge in [0.2, 0.25) is 0 Å². The van der Waals surface area contributed by atoms with Gasteiger partial charge in [-0.3, -0.25) is 0 Å². The second kappa shape index (κ2) is 5.74. The minimum Gasteiger partial charge on any atom is -0.467 e. The van der Waals surface area contributed by atoms with Crippen LogP contribution in [-0.4, -0.2) is 6.54 Å². The molecule has 0 aliphatic heterocycles. The Balaban J connectivity index is 2.25. The minimum absolute atomic E-state index is 0.652. The van der Waals surface area contributed by atoms with E-state index in [2.05, 4.69) is 33.8 Å². The number of hydrogen-bond donors (Lipinski definition) is 0. The summed E-state index contributed by atoms with van der Waals surface area (Å²) in [7, 11) is 0. The Morgan fingerprint density at radius 1 is 1.39 bits per heavy atom. The number of benzene rings is 1. The summed E-state index contributed by atoms with van der Waals surface area (Å²) in [6.07, 6.45) is 1.68. The van der Waals surface area contributed by atoms with E-state index in [4.69, 9.17) is 9.68 Å². The summed E-state index contributed by atoms with van der Waals surface area (Å²) >= 11 is 3.51. The van der Waals surface area contributed by atoms with E-state index in [1.165, 1.54) is 0 Å². The molecule has 18 heavy (non-hydrogen) atoms. The van der Waals surface area contributed by atoms with Crippen LogP contribution in [0.15, 0.2) is 45.5 Å². The van der Waals surface area contributed by atoms with Gasteiger partial charge in [0.05, 0.1) is 30.1 Å². The van der Waals surface area contributed by atoms with Gasteiger partial charge in [-0.2, -0.15) is 5.26 Å². The molecule has 0 aliphatic rings. The Hall–Kier alpha value is -1.73. The number of nitrogens with zero attached hydrogens (tertiary/aromatic N) is 2. The maximum Gasteiger partial charge on any atom is 0.123 e. The SMILES string of the molecule is CCN(Cc1ccco1)c1ccc(C#N)cc1Br. The van der Waals surface area contributed by atoms with Crippen LogP contribution in [0.3, 0.4) is 0 Å². The molecule has 0 fully saturated rings. The van der Waals surface area contributed by atoms with Crippen molar-refractivity contribution in [2.24, 2.45) is 0 Å². The molecule has 0 aliphatic carbocycles. The van der Waals surface area contributed by atoms with Gasteiger partial charge in [-0.25, -0.2) is 0 Å². The first kappa shape index (κ1) is 12.7. The second-order valence-electron chi connectivity index (χ2n) is 3.87. The summed E-state index contributed by atoms with van der Waals surface area (Å²) in [5, 5.41) is 8.86. The largest absolute Gasteiger partial charge is 0.467 e. The number of furan rings is 1. The van der Waals surface area contributed by atoms with Crippen LogP contribution in [0.5, 0.6) is 0 Å². The first-order valence-corrected chi connectivity index (χ1v) is 6.51. The number of nitriles is 1. The molecule has 0 unspecified atom stereocenters. The summed E-state index contributed by atoms with van der Waals surface area (Å²) in [6.45, 7) is 3.67. The highest BCUT2D eigenvalue weighted by molar-refractivity contribution is 9.10. The second-order valence-corrected chi connectivity index (χ2v) is 4.73. The topological polar surface area (TPSA) is 40.2 Å². The molecule has 0 saturated carbocycles. The maximum absolute atomic E-state index is 8.86. The zero-order valence-electron chi connectivity index (χ0n) is 10.1. The molecular formula is C14H13BrN2O. The molecule has 92 valence electrons. The van der Waals surface area contributed by atoms with Crippen molar-refractivity contribution in [3.8, 4) is 6.07 Å². The predicted molar refractivity (Wildman–Crippen MR) is 74.3 cm³/mol. The van der Waals surface area contributed by atoms with Crippen molar-refractivity contribution in [1.82, 2.24) is 0 Å². The number of halogens is 1. The van der Waals surface area contributed by atoms with Crippen LogP contribution in [0.1, 0.15) is 18.2 Å². The average Bonchev–Trinajstić information content (AvgIpc) is 2.89. The molecule has 1 aromatic heterocycles. The molecule has 3 nitrogen and oxygen atoms in total. The maximum atomic E-state index is 8.86. The van der Waals surface area contributed by atoms with Crippen molar-refractivity contribution in [3.05, 3.63) is 52.4 Å². The number of anilines is 1. The number of hydrogen-bond acceptors (Lipinski definition) is 3. The fourth-order valence-corrected chi connectivity index (χ4v) is 2.42. The quantitative estimate of drug-likeness (QED) is 0.859. The summed E-state index contributed by atoms with van der Waals surface area (Å²) in [5.41, 5.74) is 1.72. The van der Waals surface area contributed by atoms with Crippen molar-refractivity contribution >= 4 is 21.6 Å². The van der Waals surface area contributed by atoms with Crippen LogP contribution in [0.4, 0.5) is 5.69 Å². The van der Waals surface area contributed by atoms with Crippen molar-refractivity contribution in [1.29, 1.82) is 5.26 Å². The van der Waals surface area contributed by atoms with Crippen LogP contribution >= 0.6 is 15.9 Å². The first-order valence-electron chi connectivity index (χ1n) is 5.71. The Bertz CT molecular complexity index is 558. The highest BCUT2D eigenvalue weighted by atomic mass is 79.9. The lowest BCUT2D eigenvalue weighted by molar-refractivity contribution is 0.503. The summed E-state index contributed by atoms with van der Waals surface area (Å²) in [6, 6.07) is 11.6. The lowest BCUT2D eigenvalue weighted by atomic mass is 10.2. The Labute approximate surface area is 115 Å². The van der Waals surface area contributed by atoms with E-state index in [9.17, 15) is 0 Å². The normalized spacial score (nSPS) is 10.1. The highest BCUT2D eigenvalue weighted by Gasteiger charge is 2.11. The molecule has 2 rings (SSSR count). The fourth-order valence-electron chi connectivity index (χ4n) is 1.79. The molecule has 1 aromatic carbocycles. The van der Waals surface area contributed by atoms with E-state index in [-0.39, 0.29) is 0 Å². The molecule has 2 aromatic rings. The van der Waals surface area contributed by atoms with Crippen molar-refractivity contribution in [2.75, 3.05) is 11.4 Å². The monoisotopic (exact) mass is 304 g/mol. The molecule has 0 amide bonds. The molecule has 0 bridgehead atoms. The Morgan fingerprint density at radius 2 is 2.22 bits per heavy atom. The van der Waals surface area contributed by atoms with Crippen molar-refractivity contribution in [3.63, 3.8) is 0 Å².